The third-order valence-corrected chi connectivity index (χ3v) is 12.7. The molecule has 0 fully saturated rings. The van der Waals surface area contributed by atoms with Crippen LogP contribution in [0.3, 0.4) is 0 Å². The zero-order valence-corrected chi connectivity index (χ0v) is 26.7. The number of ether oxygens (including phenoxy) is 1. The van der Waals surface area contributed by atoms with E-state index in [9.17, 15) is 14.0 Å². The Balaban J connectivity index is 1.79. The summed E-state index contributed by atoms with van der Waals surface area (Å²) in [6.07, 6.45) is 5.57. The Morgan fingerprint density at radius 1 is 1.05 bits per heavy atom. The lowest BCUT2D eigenvalue weighted by atomic mass is 10.0. The molecule has 2 heterocycles. The summed E-state index contributed by atoms with van der Waals surface area (Å²) in [5.74, 6) is -0.918. The normalized spacial score (nSPS) is 12.8. The molecule has 0 spiro atoms. The first-order valence-electron chi connectivity index (χ1n) is 14.0. The minimum atomic E-state index is -2.20. The molecule has 2 aromatic carbocycles. The molecule has 7 nitrogen and oxygen atoms in total. The van der Waals surface area contributed by atoms with Crippen LogP contribution < -0.4 is 5.56 Å². The van der Waals surface area contributed by atoms with Crippen LogP contribution in [-0.2, 0) is 15.6 Å². The first-order valence-corrected chi connectivity index (χ1v) is 16.9. The molecule has 4 rings (SSSR count). The minimum absolute atomic E-state index is 0.0518. The van der Waals surface area contributed by atoms with Crippen LogP contribution in [0.2, 0.25) is 18.1 Å². The van der Waals surface area contributed by atoms with E-state index in [0.717, 1.165) is 22.5 Å². The molecule has 0 aliphatic rings. The van der Waals surface area contributed by atoms with Crippen molar-refractivity contribution in [3.8, 4) is 5.69 Å². The molecule has 0 aliphatic heterocycles. The minimum Gasteiger partial charge on any atom is -0.465 e. The zero-order valence-electron chi connectivity index (χ0n) is 25.7. The highest BCUT2D eigenvalue weighted by atomic mass is 28.4. The van der Waals surface area contributed by atoms with Gasteiger partial charge in [-0.2, -0.15) is 0 Å². The number of aryl methyl sites for hydroxylation is 2. The van der Waals surface area contributed by atoms with Crippen molar-refractivity contribution in [3.05, 3.63) is 117 Å². The number of carbonyl (C=O) groups excluding carboxylic acids is 1. The lowest BCUT2D eigenvalue weighted by Crippen LogP contribution is -2.43. The van der Waals surface area contributed by atoms with Crippen molar-refractivity contribution in [3.63, 3.8) is 0 Å². The van der Waals surface area contributed by atoms with Crippen LogP contribution in [0, 0.1) is 19.7 Å². The first kappa shape index (κ1) is 31.1. The van der Waals surface area contributed by atoms with Gasteiger partial charge in [0.1, 0.15) is 5.82 Å². The summed E-state index contributed by atoms with van der Waals surface area (Å²) in [6.45, 7) is 14.9. The van der Waals surface area contributed by atoms with Crippen molar-refractivity contribution >= 4 is 14.3 Å². The third-order valence-electron chi connectivity index (χ3n) is 8.18. The number of pyridine rings is 1. The van der Waals surface area contributed by atoms with E-state index in [-0.39, 0.29) is 28.6 Å². The number of rotatable bonds is 9. The summed E-state index contributed by atoms with van der Waals surface area (Å²) in [6, 6.07) is 13.1. The number of benzene rings is 2. The summed E-state index contributed by atoms with van der Waals surface area (Å²) < 4.78 is 29.0. The van der Waals surface area contributed by atoms with Crippen LogP contribution in [0.15, 0.2) is 72.0 Å². The van der Waals surface area contributed by atoms with Crippen molar-refractivity contribution in [1.82, 2.24) is 14.1 Å². The number of hydrogen-bond donors (Lipinski definition) is 0. The number of halogens is 1. The Labute approximate surface area is 248 Å². The van der Waals surface area contributed by atoms with Gasteiger partial charge in [0, 0.05) is 30.1 Å². The van der Waals surface area contributed by atoms with Gasteiger partial charge >= 0.3 is 5.97 Å². The van der Waals surface area contributed by atoms with Gasteiger partial charge in [0.05, 0.1) is 37.3 Å². The van der Waals surface area contributed by atoms with E-state index in [2.05, 4.69) is 38.8 Å². The molecule has 0 saturated carbocycles. The van der Waals surface area contributed by atoms with Crippen LogP contribution in [0.1, 0.15) is 65.1 Å². The average molecular weight is 590 g/mol. The quantitative estimate of drug-likeness (QED) is 0.159. The number of carbonyl (C=O) groups is 1. The number of aromatic nitrogens is 3. The van der Waals surface area contributed by atoms with Crippen molar-refractivity contribution in [1.29, 1.82) is 0 Å². The van der Waals surface area contributed by atoms with Gasteiger partial charge in [0.2, 0.25) is 0 Å². The monoisotopic (exact) mass is 589 g/mol. The fourth-order valence-electron chi connectivity index (χ4n) is 4.66. The fraction of sp³-hybridized carbons (Fsp3) is 0.364. The topological polar surface area (TPSA) is 75.4 Å². The van der Waals surface area contributed by atoms with Gasteiger partial charge in [-0.25, -0.2) is 14.2 Å². The van der Waals surface area contributed by atoms with Gasteiger partial charge in [-0.05, 0) is 72.9 Å². The molecule has 4 aromatic rings. The van der Waals surface area contributed by atoms with Gasteiger partial charge < -0.3 is 18.3 Å². The number of esters is 1. The molecule has 0 bridgehead atoms. The predicted molar refractivity (Wildman–Crippen MR) is 166 cm³/mol. The maximum atomic E-state index is 14.1. The van der Waals surface area contributed by atoms with Crippen LogP contribution in [0.4, 0.5) is 4.39 Å². The second kappa shape index (κ2) is 12.2. The Morgan fingerprint density at radius 2 is 1.74 bits per heavy atom. The van der Waals surface area contributed by atoms with E-state index < -0.39 is 20.3 Å². The molecule has 1 unspecified atom stereocenters. The number of methoxy groups -OCH3 is 1. The third kappa shape index (κ3) is 6.79. The van der Waals surface area contributed by atoms with E-state index in [0.29, 0.717) is 17.5 Å². The highest BCUT2D eigenvalue weighted by Gasteiger charge is 2.38. The first-order chi connectivity index (χ1) is 19.7. The SMILES string of the molecule is COC(=O)c1cc(Cc2ccc(-n3cnc(C)c3)c(C)c2)c(=O)n(C(CO[Si](C)(C)C(C)(C)C)c2ccc(F)cc2)c1. The molecule has 0 amide bonds. The van der Waals surface area contributed by atoms with E-state index >= 15 is 0 Å². The van der Waals surface area contributed by atoms with Gasteiger partial charge in [-0.1, -0.05) is 45.0 Å². The van der Waals surface area contributed by atoms with Crippen LogP contribution in [0.5, 0.6) is 0 Å². The van der Waals surface area contributed by atoms with Gasteiger partial charge in [-0.3, -0.25) is 4.79 Å². The Kier molecular flexibility index (Phi) is 9.03. The van der Waals surface area contributed by atoms with Crippen LogP contribution >= 0.6 is 0 Å². The van der Waals surface area contributed by atoms with E-state index in [4.69, 9.17) is 9.16 Å². The molecule has 0 aliphatic carbocycles. The number of nitrogens with zero attached hydrogens (tertiary/aromatic N) is 3. The Bertz CT molecular complexity index is 1630. The summed E-state index contributed by atoms with van der Waals surface area (Å²) in [5.41, 5.74) is 5.04. The molecule has 9 heteroatoms. The predicted octanol–water partition coefficient (Wildman–Crippen LogP) is 6.78. The van der Waals surface area contributed by atoms with E-state index in [1.54, 1.807) is 24.5 Å². The maximum Gasteiger partial charge on any atom is 0.339 e. The van der Waals surface area contributed by atoms with Crippen LogP contribution in [0.25, 0.3) is 5.69 Å². The Morgan fingerprint density at radius 3 is 2.31 bits per heavy atom. The van der Waals surface area contributed by atoms with E-state index in [1.165, 1.54) is 30.0 Å². The second-order valence-corrected chi connectivity index (χ2v) is 17.1. The lowest BCUT2D eigenvalue weighted by Gasteiger charge is -2.37. The largest absolute Gasteiger partial charge is 0.465 e. The van der Waals surface area contributed by atoms with E-state index in [1.807, 2.05) is 42.8 Å². The second-order valence-electron chi connectivity index (χ2n) is 12.3. The number of hydrogen-bond acceptors (Lipinski definition) is 5. The molecular weight excluding hydrogens is 549 g/mol. The van der Waals surface area contributed by atoms with Crippen LogP contribution in [-0.4, -0.2) is 42.1 Å². The lowest BCUT2D eigenvalue weighted by molar-refractivity contribution is 0.0599. The number of imidazole rings is 1. The zero-order chi connectivity index (χ0) is 30.8. The van der Waals surface area contributed by atoms with Crippen molar-refractivity contribution < 1.29 is 18.3 Å². The van der Waals surface area contributed by atoms with Crippen molar-refractivity contribution in [2.75, 3.05) is 13.7 Å². The summed E-state index contributed by atoms with van der Waals surface area (Å²) in [4.78, 5) is 31.2. The molecule has 0 radical (unpaired) electrons. The molecule has 0 saturated heterocycles. The van der Waals surface area contributed by atoms with Crippen molar-refractivity contribution in [2.45, 2.75) is 65.2 Å². The van der Waals surface area contributed by atoms with Gasteiger partial charge in [0.25, 0.3) is 5.56 Å². The van der Waals surface area contributed by atoms with Gasteiger partial charge in [-0.15, -0.1) is 0 Å². The summed E-state index contributed by atoms with van der Waals surface area (Å²) in [7, 11) is -0.890. The summed E-state index contributed by atoms with van der Waals surface area (Å²) >= 11 is 0. The Hall–Kier alpha value is -3.82. The maximum absolute atomic E-state index is 14.1. The summed E-state index contributed by atoms with van der Waals surface area (Å²) in [5, 5.41) is -0.0518. The molecule has 0 N–H and O–H groups in total. The fourth-order valence-corrected chi connectivity index (χ4v) is 5.67. The smallest absolute Gasteiger partial charge is 0.339 e. The molecular formula is C33H40FN3O4Si. The highest BCUT2D eigenvalue weighted by Crippen LogP contribution is 2.37. The molecule has 1 atom stereocenters. The van der Waals surface area contributed by atoms with Crippen molar-refractivity contribution in [2.24, 2.45) is 0 Å². The molecule has 2 aromatic heterocycles. The average Bonchev–Trinajstić information content (AvgIpc) is 3.36. The standard InChI is InChI=1S/C33H40FN3O4Si/c1-22-15-24(9-14-29(22)36-18-23(2)35-21-36)16-26-17-27(32(39)40-6)19-37(31(26)38)30(25-10-12-28(34)13-11-25)20-41-42(7,8)33(3,4)5/h9-15,17-19,21,30H,16,20H2,1-8H3. The highest BCUT2D eigenvalue weighted by molar-refractivity contribution is 6.74. The molecule has 42 heavy (non-hydrogen) atoms. The van der Waals surface area contributed by atoms with Gasteiger partial charge in [0.15, 0.2) is 8.32 Å². The molecule has 222 valence electrons.